The molecule has 0 aliphatic rings. The molecule has 0 bridgehead atoms. The minimum Gasteiger partial charge on any atom is -0.489 e. The molecule has 3 nitrogen and oxygen atoms in total. The summed E-state index contributed by atoms with van der Waals surface area (Å²) in [5.41, 5.74) is 11.5. The molecule has 0 atom stereocenters. The molecule has 0 aromatic heterocycles. The Morgan fingerprint density at radius 1 is 1.05 bits per heavy atom. The second kappa shape index (κ2) is 6.44. The van der Waals surface area contributed by atoms with Gasteiger partial charge in [-0.1, -0.05) is 29.8 Å². The van der Waals surface area contributed by atoms with Gasteiger partial charge >= 0.3 is 0 Å². The van der Waals surface area contributed by atoms with Crippen LogP contribution in [0.2, 0.25) is 0 Å². The van der Waals surface area contributed by atoms with Gasteiger partial charge in [0, 0.05) is 6.42 Å². The van der Waals surface area contributed by atoms with Gasteiger partial charge in [-0.15, -0.1) is 0 Å². The van der Waals surface area contributed by atoms with Crippen molar-refractivity contribution in [2.75, 3.05) is 0 Å². The third kappa shape index (κ3) is 4.09. The van der Waals surface area contributed by atoms with Crippen LogP contribution >= 0.6 is 0 Å². The van der Waals surface area contributed by atoms with Crippen LogP contribution < -0.4 is 10.5 Å². The number of benzene rings is 2. The van der Waals surface area contributed by atoms with Crippen molar-refractivity contribution in [1.29, 1.82) is 5.41 Å². The molecule has 0 aliphatic carbocycles. The highest BCUT2D eigenvalue weighted by atomic mass is 16.5. The molecule has 110 valence electrons. The fraction of sp³-hybridized carbons (Fsp3) is 0.278. The molecule has 0 unspecified atom stereocenters. The van der Waals surface area contributed by atoms with E-state index in [9.17, 15) is 0 Å². The topological polar surface area (TPSA) is 59.1 Å². The van der Waals surface area contributed by atoms with E-state index in [1.54, 1.807) is 0 Å². The number of rotatable bonds is 5. The molecule has 0 heterocycles. The molecule has 0 saturated carbocycles. The van der Waals surface area contributed by atoms with Gasteiger partial charge in [-0.3, -0.25) is 5.41 Å². The fourth-order valence-electron chi connectivity index (χ4n) is 2.52. The van der Waals surface area contributed by atoms with Crippen LogP contribution in [0.15, 0.2) is 36.4 Å². The number of aryl methyl sites for hydroxylation is 3. The second-order valence-electron chi connectivity index (χ2n) is 5.51. The lowest BCUT2D eigenvalue weighted by atomic mass is 10.0. The smallest absolute Gasteiger partial charge is 0.119 e. The maximum absolute atomic E-state index is 7.29. The fourth-order valence-corrected chi connectivity index (χ4v) is 2.52. The molecule has 0 amide bonds. The molecule has 2 rings (SSSR count). The van der Waals surface area contributed by atoms with E-state index in [0.29, 0.717) is 13.0 Å². The summed E-state index contributed by atoms with van der Waals surface area (Å²) in [4.78, 5) is 0. The highest BCUT2D eigenvalue weighted by molar-refractivity contribution is 5.79. The molecule has 3 N–H and O–H groups in total. The monoisotopic (exact) mass is 282 g/mol. The summed E-state index contributed by atoms with van der Waals surface area (Å²) in [7, 11) is 0. The lowest BCUT2D eigenvalue weighted by Gasteiger charge is -2.13. The predicted octanol–water partition coefficient (Wildman–Crippen LogP) is 3.67. The van der Waals surface area contributed by atoms with Gasteiger partial charge in [0.1, 0.15) is 12.4 Å². The van der Waals surface area contributed by atoms with Crippen molar-refractivity contribution in [3.8, 4) is 5.75 Å². The summed E-state index contributed by atoms with van der Waals surface area (Å²) in [5, 5.41) is 7.29. The van der Waals surface area contributed by atoms with Crippen LogP contribution in [0.4, 0.5) is 0 Å². The second-order valence-corrected chi connectivity index (χ2v) is 5.51. The van der Waals surface area contributed by atoms with E-state index in [4.69, 9.17) is 15.9 Å². The molecule has 0 radical (unpaired) electrons. The van der Waals surface area contributed by atoms with Gasteiger partial charge < -0.3 is 10.5 Å². The number of ether oxygens (including phenoxy) is 1. The van der Waals surface area contributed by atoms with Crippen LogP contribution in [0.1, 0.15) is 27.8 Å². The first-order valence-electron chi connectivity index (χ1n) is 7.07. The Kier molecular flexibility index (Phi) is 4.63. The predicted molar refractivity (Wildman–Crippen MR) is 87.0 cm³/mol. The van der Waals surface area contributed by atoms with Crippen LogP contribution in [-0.4, -0.2) is 5.84 Å². The van der Waals surface area contributed by atoms with E-state index < -0.39 is 0 Å². The molecular formula is C18H22N2O. The number of hydrogen-bond acceptors (Lipinski definition) is 2. The van der Waals surface area contributed by atoms with Crippen molar-refractivity contribution in [2.45, 2.75) is 33.8 Å². The summed E-state index contributed by atoms with van der Waals surface area (Å²) in [6, 6.07) is 12.1. The van der Waals surface area contributed by atoms with Crippen molar-refractivity contribution in [1.82, 2.24) is 0 Å². The van der Waals surface area contributed by atoms with Crippen LogP contribution in [0.3, 0.4) is 0 Å². The zero-order valence-electron chi connectivity index (χ0n) is 12.9. The van der Waals surface area contributed by atoms with Gasteiger partial charge in [0.25, 0.3) is 0 Å². The van der Waals surface area contributed by atoms with Crippen LogP contribution in [0.5, 0.6) is 5.75 Å². The average molecular weight is 282 g/mol. The maximum atomic E-state index is 7.29. The van der Waals surface area contributed by atoms with Crippen LogP contribution in [0, 0.1) is 26.2 Å². The van der Waals surface area contributed by atoms with Gasteiger partial charge in [-0.05, 0) is 55.2 Å². The number of nitrogens with one attached hydrogen (secondary N) is 1. The third-order valence-electron chi connectivity index (χ3n) is 3.54. The van der Waals surface area contributed by atoms with E-state index in [2.05, 4.69) is 32.9 Å². The van der Waals surface area contributed by atoms with Crippen molar-refractivity contribution >= 4 is 5.84 Å². The summed E-state index contributed by atoms with van der Waals surface area (Å²) >= 11 is 0. The minimum absolute atomic E-state index is 0.176. The Morgan fingerprint density at radius 2 is 1.62 bits per heavy atom. The Labute approximate surface area is 126 Å². The van der Waals surface area contributed by atoms with Gasteiger partial charge in [0.2, 0.25) is 0 Å². The lowest BCUT2D eigenvalue weighted by molar-refractivity contribution is 0.304. The largest absolute Gasteiger partial charge is 0.489 e. The number of nitrogens with two attached hydrogens (primary N) is 1. The minimum atomic E-state index is 0.176. The Morgan fingerprint density at radius 3 is 2.14 bits per heavy atom. The van der Waals surface area contributed by atoms with Crippen LogP contribution in [0.25, 0.3) is 0 Å². The molecule has 2 aromatic rings. The summed E-state index contributed by atoms with van der Waals surface area (Å²) in [6.07, 6.45) is 0.483. The molecule has 3 heteroatoms. The highest BCUT2D eigenvalue weighted by Crippen LogP contribution is 2.20. The molecular weight excluding hydrogens is 260 g/mol. The zero-order valence-corrected chi connectivity index (χ0v) is 12.9. The molecule has 0 saturated heterocycles. The zero-order chi connectivity index (χ0) is 15.4. The van der Waals surface area contributed by atoms with E-state index in [0.717, 1.165) is 11.3 Å². The molecule has 0 fully saturated rings. The normalized spacial score (nSPS) is 10.4. The Bertz CT molecular complexity index is 622. The van der Waals surface area contributed by atoms with E-state index >= 15 is 0 Å². The van der Waals surface area contributed by atoms with Gasteiger partial charge in [0.15, 0.2) is 0 Å². The van der Waals surface area contributed by atoms with Crippen LogP contribution in [-0.2, 0) is 13.0 Å². The first kappa shape index (κ1) is 15.1. The molecule has 2 aromatic carbocycles. The van der Waals surface area contributed by atoms with Crippen molar-refractivity contribution in [3.05, 3.63) is 64.2 Å². The Hall–Kier alpha value is -2.29. The first-order valence-corrected chi connectivity index (χ1v) is 7.07. The molecule has 21 heavy (non-hydrogen) atoms. The van der Waals surface area contributed by atoms with E-state index in [-0.39, 0.29) is 5.84 Å². The SMILES string of the molecule is Cc1cc(C)c(COc2ccc(CC(=N)N)cc2)c(C)c1. The summed E-state index contributed by atoms with van der Waals surface area (Å²) in [5.74, 6) is 1.01. The number of amidine groups is 1. The maximum Gasteiger partial charge on any atom is 0.119 e. The first-order chi connectivity index (χ1) is 9.95. The van der Waals surface area contributed by atoms with Crippen molar-refractivity contribution < 1.29 is 4.74 Å². The summed E-state index contributed by atoms with van der Waals surface area (Å²) < 4.78 is 5.87. The van der Waals surface area contributed by atoms with Gasteiger partial charge in [-0.2, -0.15) is 0 Å². The van der Waals surface area contributed by atoms with Gasteiger partial charge in [0.05, 0.1) is 5.84 Å². The quantitative estimate of drug-likeness (QED) is 0.649. The third-order valence-corrected chi connectivity index (χ3v) is 3.54. The highest BCUT2D eigenvalue weighted by Gasteiger charge is 2.05. The lowest BCUT2D eigenvalue weighted by Crippen LogP contribution is -2.12. The molecule has 0 spiro atoms. The van der Waals surface area contributed by atoms with E-state index in [1.807, 2.05) is 24.3 Å². The van der Waals surface area contributed by atoms with Gasteiger partial charge in [-0.25, -0.2) is 0 Å². The van der Waals surface area contributed by atoms with E-state index in [1.165, 1.54) is 22.3 Å². The number of hydrogen-bond donors (Lipinski definition) is 2. The summed E-state index contributed by atoms with van der Waals surface area (Å²) in [6.45, 7) is 6.92. The van der Waals surface area contributed by atoms with Crippen molar-refractivity contribution in [3.63, 3.8) is 0 Å². The van der Waals surface area contributed by atoms with Crippen molar-refractivity contribution in [2.24, 2.45) is 5.73 Å². The molecule has 0 aliphatic heterocycles. The Balaban J connectivity index is 2.05. The average Bonchev–Trinajstić information content (AvgIpc) is 2.38. The standard InChI is InChI=1S/C18H22N2O/c1-12-8-13(2)17(14(3)9-12)11-21-16-6-4-15(5-7-16)10-18(19)20/h4-9H,10-11H2,1-3H3,(H3,19,20).